The summed E-state index contributed by atoms with van der Waals surface area (Å²) in [6.45, 7) is 3.22. The zero-order valence-electron chi connectivity index (χ0n) is 10.3. The number of carbonyl (C=O) groups is 1. The highest BCUT2D eigenvalue weighted by Crippen LogP contribution is 2.17. The fourth-order valence-electron chi connectivity index (χ4n) is 2.01. The first-order valence-corrected chi connectivity index (χ1v) is 6.76. The number of likely N-dealkylation sites (N-methyl/N-ethyl adjacent to an activating group) is 1. The van der Waals surface area contributed by atoms with E-state index in [4.69, 9.17) is 0 Å². The van der Waals surface area contributed by atoms with E-state index in [9.17, 15) is 9.18 Å². The predicted molar refractivity (Wildman–Crippen MR) is 71.9 cm³/mol. The molecular formula is C13H16BrFN2O. The molecule has 0 saturated carbocycles. The van der Waals surface area contributed by atoms with E-state index in [1.165, 1.54) is 6.07 Å². The molecule has 0 aromatic heterocycles. The molecule has 1 amide bonds. The molecule has 0 N–H and O–H groups in total. The van der Waals surface area contributed by atoms with E-state index < -0.39 is 0 Å². The lowest BCUT2D eigenvalue weighted by Gasteiger charge is -2.32. The van der Waals surface area contributed by atoms with Gasteiger partial charge in [-0.25, -0.2) is 4.39 Å². The first-order chi connectivity index (χ1) is 8.56. The zero-order valence-corrected chi connectivity index (χ0v) is 11.9. The van der Waals surface area contributed by atoms with Gasteiger partial charge in [-0.1, -0.05) is 15.9 Å². The number of benzene rings is 1. The van der Waals surface area contributed by atoms with Gasteiger partial charge in [-0.05, 0) is 30.8 Å². The Morgan fingerprint density at radius 3 is 2.67 bits per heavy atom. The molecule has 0 radical (unpaired) electrons. The fourth-order valence-corrected chi connectivity index (χ4v) is 2.42. The van der Waals surface area contributed by atoms with E-state index >= 15 is 0 Å². The van der Waals surface area contributed by atoms with Crippen LogP contribution in [-0.4, -0.2) is 48.9 Å². The smallest absolute Gasteiger partial charge is 0.227 e. The molecule has 1 fully saturated rings. The lowest BCUT2D eigenvalue weighted by molar-refractivity contribution is -0.132. The van der Waals surface area contributed by atoms with Gasteiger partial charge in [0, 0.05) is 30.7 Å². The number of piperazine rings is 1. The Morgan fingerprint density at radius 2 is 2.00 bits per heavy atom. The van der Waals surface area contributed by atoms with Gasteiger partial charge in [-0.15, -0.1) is 0 Å². The van der Waals surface area contributed by atoms with E-state index in [2.05, 4.69) is 20.8 Å². The van der Waals surface area contributed by atoms with Gasteiger partial charge in [-0.3, -0.25) is 4.79 Å². The van der Waals surface area contributed by atoms with Crippen LogP contribution in [0, 0.1) is 5.82 Å². The average molecular weight is 315 g/mol. The molecule has 98 valence electrons. The van der Waals surface area contributed by atoms with Crippen LogP contribution < -0.4 is 0 Å². The lowest BCUT2D eigenvalue weighted by Crippen LogP contribution is -2.47. The summed E-state index contributed by atoms with van der Waals surface area (Å²) in [5.41, 5.74) is 0.452. The van der Waals surface area contributed by atoms with Gasteiger partial charge in [-0.2, -0.15) is 0 Å². The van der Waals surface area contributed by atoms with Gasteiger partial charge in [0.15, 0.2) is 0 Å². The number of hydrogen-bond acceptors (Lipinski definition) is 2. The third-order valence-corrected chi connectivity index (χ3v) is 3.70. The standard InChI is InChI=1S/C13H16BrFN2O/c1-16-4-6-17(7-5-16)13(18)9-10-8-11(14)2-3-12(10)15/h2-3,8H,4-7,9H2,1H3. The number of amides is 1. The van der Waals surface area contributed by atoms with Crippen molar-refractivity contribution in [3.8, 4) is 0 Å². The molecule has 0 aliphatic carbocycles. The highest BCUT2D eigenvalue weighted by molar-refractivity contribution is 9.10. The summed E-state index contributed by atoms with van der Waals surface area (Å²) in [6.07, 6.45) is 0.134. The summed E-state index contributed by atoms with van der Waals surface area (Å²) in [4.78, 5) is 16.1. The number of hydrogen-bond donors (Lipinski definition) is 0. The summed E-state index contributed by atoms with van der Waals surface area (Å²) < 4.78 is 14.4. The van der Waals surface area contributed by atoms with Crippen molar-refractivity contribution < 1.29 is 9.18 Å². The first kappa shape index (κ1) is 13.5. The van der Waals surface area contributed by atoms with Crippen LogP contribution in [0.25, 0.3) is 0 Å². The fraction of sp³-hybridized carbons (Fsp3) is 0.462. The summed E-state index contributed by atoms with van der Waals surface area (Å²) in [6, 6.07) is 4.69. The van der Waals surface area contributed by atoms with Crippen LogP contribution >= 0.6 is 15.9 Å². The molecule has 0 bridgehead atoms. The number of halogens is 2. The maximum absolute atomic E-state index is 13.6. The van der Waals surface area contributed by atoms with E-state index in [1.54, 1.807) is 17.0 Å². The molecule has 0 unspecified atom stereocenters. The van der Waals surface area contributed by atoms with Crippen LogP contribution in [0.15, 0.2) is 22.7 Å². The highest BCUT2D eigenvalue weighted by atomic mass is 79.9. The molecule has 0 spiro atoms. The van der Waals surface area contributed by atoms with Crippen LogP contribution in [0.5, 0.6) is 0 Å². The molecule has 3 nitrogen and oxygen atoms in total. The van der Waals surface area contributed by atoms with E-state index in [-0.39, 0.29) is 18.1 Å². The van der Waals surface area contributed by atoms with Crippen LogP contribution in [0.1, 0.15) is 5.56 Å². The monoisotopic (exact) mass is 314 g/mol. The second-order valence-electron chi connectivity index (χ2n) is 4.60. The summed E-state index contributed by atoms with van der Waals surface area (Å²) in [5, 5.41) is 0. The molecule has 18 heavy (non-hydrogen) atoms. The minimum absolute atomic E-state index is 0.0000926. The van der Waals surface area contributed by atoms with Crippen molar-refractivity contribution in [3.05, 3.63) is 34.1 Å². The Hall–Kier alpha value is -0.940. The number of carbonyl (C=O) groups excluding carboxylic acids is 1. The molecule has 1 aliphatic heterocycles. The Kier molecular flexibility index (Phi) is 4.35. The van der Waals surface area contributed by atoms with Gasteiger partial charge >= 0.3 is 0 Å². The van der Waals surface area contributed by atoms with Gasteiger partial charge in [0.25, 0.3) is 0 Å². The SMILES string of the molecule is CN1CCN(C(=O)Cc2cc(Br)ccc2F)CC1. The maximum Gasteiger partial charge on any atom is 0.227 e. The maximum atomic E-state index is 13.6. The Bertz CT molecular complexity index is 445. The predicted octanol–water partition coefficient (Wildman–Crippen LogP) is 1.90. The molecule has 1 aliphatic rings. The molecule has 1 aromatic carbocycles. The minimum Gasteiger partial charge on any atom is -0.340 e. The van der Waals surface area contributed by atoms with Crippen molar-refractivity contribution in [1.29, 1.82) is 0 Å². The van der Waals surface area contributed by atoms with Crippen LogP contribution in [0.3, 0.4) is 0 Å². The van der Waals surface area contributed by atoms with Crippen molar-refractivity contribution in [2.45, 2.75) is 6.42 Å². The van der Waals surface area contributed by atoms with Crippen LogP contribution in [0.2, 0.25) is 0 Å². The van der Waals surface area contributed by atoms with Gasteiger partial charge in [0.1, 0.15) is 5.82 Å². The van der Waals surface area contributed by atoms with E-state index in [1.807, 2.05) is 7.05 Å². The second-order valence-corrected chi connectivity index (χ2v) is 5.51. The summed E-state index contributed by atoms with van der Waals surface area (Å²) in [5.74, 6) is -0.319. The minimum atomic E-state index is -0.319. The summed E-state index contributed by atoms with van der Waals surface area (Å²) in [7, 11) is 2.04. The molecule has 1 heterocycles. The molecule has 5 heteroatoms. The topological polar surface area (TPSA) is 23.6 Å². The zero-order chi connectivity index (χ0) is 13.1. The Morgan fingerprint density at radius 1 is 1.33 bits per heavy atom. The first-order valence-electron chi connectivity index (χ1n) is 5.96. The summed E-state index contributed by atoms with van der Waals surface area (Å²) >= 11 is 3.29. The molecule has 0 atom stereocenters. The van der Waals surface area contributed by atoms with Crippen molar-refractivity contribution in [2.24, 2.45) is 0 Å². The third-order valence-electron chi connectivity index (χ3n) is 3.21. The second kappa shape index (κ2) is 5.80. The van der Waals surface area contributed by atoms with Gasteiger partial charge in [0.05, 0.1) is 6.42 Å². The van der Waals surface area contributed by atoms with E-state index in [0.29, 0.717) is 5.56 Å². The molecule has 1 saturated heterocycles. The normalized spacial score (nSPS) is 16.9. The van der Waals surface area contributed by atoms with E-state index in [0.717, 1.165) is 30.7 Å². The van der Waals surface area contributed by atoms with Crippen molar-refractivity contribution >= 4 is 21.8 Å². The molecule has 1 aromatic rings. The highest BCUT2D eigenvalue weighted by Gasteiger charge is 2.20. The quantitative estimate of drug-likeness (QED) is 0.832. The third kappa shape index (κ3) is 3.29. The molecular weight excluding hydrogens is 299 g/mol. The molecule has 2 rings (SSSR count). The van der Waals surface area contributed by atoms with Crippen LogP contribution in [-0.2, 0) is 11.2 Å². The van der Waals surface area contributed by atoms with Crippen molar-refractivity contribution in [3.63, 3.8) is 0 Å². The van der Waals surface area contributed by atoms with Gasteiger partial charge < -0.3 is 9.80 Å². The van der Waals surface area contributed by atoms with Gasteiger partial charge in [0.2, 0.25) is 5.91 Å². The largest absolute Gasteiger partial charge is 0.340 e. The number of nitrogens with zero attached hydrogens (tertiary/aromatic N) is 2. The van der Waals surface area contributed by atoms with Crippen molar-refractivity contribution in [2.75, 3.05) is 33.2 Å². The Labute approximate surface area is 115 Å². The van der Waals surface area contributed by atoms with Crippen LogP contribution in [0.4, 0.5) is 4.39 Å². The Balaban J connectivity index is 2.00. The number of rotatable bonds is 2. The van der Waals surface area contributed by atoms with Crippen molar-refractivity contribution in [1.82, 2.24) is 9.80 Å². The average Bonchev–Trinajstić information content (AvgIpc) is 2.34. The lowest BCUT2D eigenvalue weighted by atomic mass is 10.1.